The minimum atomic E-state index is -0.714. The average molecular weight is 372 g/mol. The van der Waals surface area contributed by atoms with E-state index in [0.717, 1.165) is 11.1 Å². The predicted molar refractivity (Wildman–Crippen MR) is 97.9 cm³/mol. The Labute approximate surface area is 156 Å². The van der Waals surface area contributed by atoms with Gasteiger partial charge in [0.15, 0.2) is 6.10 Å². The first kappa shape index (κ1) is 17.9. The summed E-state index contributed by atoms with van der Waals surface area (Å²) in [5.74, 6) is 0.949. The molecule has 0 saturated heterocycles. The summed E-state index contributed by atoms with van der Waals surface area (Å²) >= 11 is 6.03. The number of carbonyl (C=O) groups is 1. The number of rotatable bonds is 6. The summed E-state index contributed by atoms with van der Waals surface area (Å²) in [7, 11) is 0. The maximum absolute atomic E-state index is 12.2. The highest BCUT2D eigenvalue weighted by Gasteiger charge is 2.17. The highest BCUT2D eigenvalue weighted by Crippen LogP contribution is 2.24. The van der Waals surface area contributed by atoms with Gasteiger partial charge in [-0.3, -0.25) is 4.79 Å². The molecule has 0 aliphatic rings. The maximum Gasteiger partial charge on any atom is 0.261 e. The fourth-order valence-electron chi connectivity index (χ4n) is 2.24. The number of carbonyl (C=O) groups excluding carboxylic acids is 1. The van der Waals surface area contributed by atoms with Gasteiger partial charge in [-0.2, -0.15) is 4.98 Å². The standard InChI is InChI=1S/C19H18ClN3O3/c1-12-7-9-14(10-8-12)18-22-17(26-23-18)11-21-19(24)13(2)25-16-6-4-3-5-15(16)20/h3-10,13H,11H2,1-2H3,(H,21,24)/t13-/m1/s1. The molecule has 1 N–H and O–H groups in total. The molecule has 3 aromatic rings. The Morgan fingerprint density at radius 2 is 1.96 bits per heavy atom. The van der Waals surface area contributed by atoms with Gasteiger partial charge in [0, 0.05) is 5.56 Å². The lowest BCUT2D eigenvalue weighted by Gasteiger charge is -2.14. The minimum Gasteiger partial charge on any atom is -0.479 e. The smallest absolute Gasteiger partial charge is 0.261 e. The lowest BCUT2D eigenvalue weighted by atomic mass is 10.1. The summed E-state index contributed by atoms with van der Waals surface area (Å²) in [6.45, 7) is 3.77. The van der Waals surface area contributed by atoms with Gasteiger partial charge in [0.05, 0.1) is 11.6 Å². The first-order valence-electron chi connectivity index (χ1n) is 8.11. The van der Waals surface area contributed by atoms with E-state index >= 15 is 0 Å². The first-order chi connectivity index (χ1) is 12.5. The third kappa shape index (κ3) is 4.40. The van der Waals surface area contributed by atoms with Crippen LogP contribution in [-0.4, -0.2) is 22.2 Å². The number of halogens is 1. The van der Waals surface area contributed by atoms with Crippen molar-refractivity contribution in [3.05, 3.63) is 65.0 Å². The summed E-state index contributed by atoms with van der Waals surface area (Å²) in [6.07, 6.45) is -0.714. The molecule has 1 heterocycles. The molecule has 2 aromatic carbocycles. The van der Waals surface area contributed by atoms with Crippen LogP contribution < -0.4 is 10.1 Å². The Morgan fingerprint density at radius 1 is 1.23 bits per heavy atom. The van der Waals surface area contributed by atoms with E-state index in [1.165, 1.54) is 0 Å². The van der Waals surface area contributed by atoms with Crippen molar-refractivity contribution in [1.29, 1.82) is 0 Å². The van der Waals surface area contributed by atoms with Gasteiger partial charge in [0.25, 0.3) is 5.91 Å². The Balaban J connectivity index is 1.56. The van der Waals surface area contributed by atoms with Gasteiger partial charge in [-0.15, -0.1) is 0 Å². The molecule has 0 aliphatic heterocycles. The van der Waals surface area contributed by atoms with Crippen molar-refractivity contribution in [2.45, 2.75) is 26.5 Å². The van der Waals surface area contributed by atoms with Crippen molar-refractivity contribution < 1.29 is 14.1 Å². The van der Waals surface area contributed by atoms with Crippen molar-refractivity contribution in [3.8, 4) is 17.1 Å². The lowest BCUT2D eigenvalue weighted by molar-refractivity contribution is -0.127. The molecule has 0 unspecified atom stereocenters. The molecule has 0 aliphatic carbocycles. The molecule has 3 rings (SSSR count). The number of hydrogen-bond acceptors (Lipinski definition) is 5. The molecule has 1 amide bonds. The van der Waals surface area contributed by atoms with Crippen LogP contribution in [0.15, 0.2) is 53.1 Å². The summed E-state index contributed by atoms with van der Waals surface area (Å²) in [6, 6.07) is 14.8. The molecule has 0 saturated carbocycles. The van der Waals surface area contributed by atoms with Crippen LogP contribution in [0.25, 0.3) is 11.4 Å². The van der Waals surface area contributed by atoms with E-state index in [1.54, 1.807) is 31.2 Å². The highest BCUT2D eigenvalue weighted by molar-refractivity contribution is 6.32. The van der Waals surface area contributed by atoms with E-state index in [-0.39, 0.29) is 12.5 Å². The van der Waals surface area contributed by atoms with Crippen LogP contribution in [0, 0.1) is 6.92 Å². The molecule has 1 aromatic heterocycles. The van der Waals surface area contributed by atoms with E-state index < -0.39 is 6.10 Å². The molecule has 6 nitrogen and oxygen atoms in total. The fourth-order valence-corrected chi connectivity index (χ4v) is 2.42. The Hall–Kier alpha value is -2.86. The van der Waals surface area contributed by atoms with E-state index in [2.05, 4.69) is 15.5 Å². The molecule has 7 heteroatoms. The quantitative estimate of drug-likeness (QED) is 0.713. The zero-order valence-corrected chi connectivity index (χ0v) is 15.2. The summed E-state index contributed by atoms with van der Waals surface area (Å²) in [4.78, 5) is 16.5. The van der Waals surface area contributed by atoms with Crippen LogP contribution in [0.4, 0.5) is 0 Å². The molecule has 0 radical (unpaired) electrons. The van der Waals surface area contributed by atoms with Crippen molar-refractivity contribution in [2.75, 3.05) is 0 Å². The van der Waals surface area contributed by atoms with Gasteiger partial charge >= 0.3 is 0 Å². The van der Waals surface area contributed by atoms with Crippen molar-refractivity contribution >= 4 is 17.5 Å². The van der Waals surface area contributed by atoms with E-state index in [1.807, 2.05) is 31.2 Å². The van der Waals surface area contributed by atoms with E-state index in [0.29, 0.717) is 22.5 Å². The molecular formula is C19H18ClN3O3. The third-order valence-electron chi connectivity index (χ3n) is 3.70. The Morgan fingerprint density at radius 3 is 2.69 bits per heavy atom. The number of para-hydroxylation sites is 1. The minimum absolute atomic E-state index is 0.119. The normalized spacial score (nSPS) is 11.8. The lowest BCUT2D eigenvalue weighted by Crippen LogP contribution is -2.36. The van der Waals surface area contributed by atoms with Gasteiger partial charge in [-0.25, -0.2) is 0 Å². The summed E-state index contributed by atoms with van der Waals surface area (Å²) in [5, 5.41) is 7.09. The Kier molecular flexibility index (Phi) is 5.53. The van der Waals surface area contributed by atoms with Crippen LogP contribution in [-0.2, 0) is 11.3 Å². The SMILES string of the molecule is Cc1ccc(-c2noc(CNC(=O)[C@@H](C)Oc3ccccc3Cl)n2)cc1. The zero-order chi connectivity index (χ0) is 18.5. The van der Waals surface area contributed by atoms with E-state index in [9.17, 15) is 4.79 Å². The van der Waals surface area contributed by atoms with Gasteiger partial charge < -0.3 is 14.6 Å². The molecular weight excluding hydrogens is 354 g/mol. The van der Waals surface area contributed by atoms with Gasteiger partial charge in [0.2, 0.25) is 11.7 Å². The number of amides is 1. The maximum atomic E-state index is 12.2. The molecule has 0 bridgehead atoms. The predicted octanol–water partition coefficient (Wildman–Crippen LogP) is 3.78. The third-order valence-corrected chi connectivity index (χ3v) is 4.01. The van der Waals surface area contributed by atoms with Crippen molar-refractivity contribution in [2.24, 2.45) is 0 Å². The Bertz CT molecular complexity index is 893. The number of hydrogen-bond donors (Lipinski definition) is 1. The topological polar surface area (TPSA) is 77.2 Å². The first-order valence-corrected chi connectivity index (χ1v) is 8.49. The van der Waals surface area contributed by atoms with Crippen LogP contribution in [0.1, 0.15) is 18.4 Å². The number of nitrogens with zero attached hydrogens (tertiary/aromatic N) is 2. The van der Waals surface area contributed by atoms with Crippen LogP contribution >= 0.6 is 11.6 Å². The molecule has 0 spiro atoms. The van der Waals surface area contributed by atoms with Crippen LogP contribution in [0.5, 0.6) is 5.75 Å². The molecule has 1 atom stereocenters. The number of ether oxygens (including phenoxy) is 1. The summed E-state index contributed by atoms with van der Waals surface area (Å²) < 4.78 is 10.7. The van der Waals surface area contributed by atoms with Gasteiger partial charge in [0.1, 0.15) is 5.75 Å². The number of aromatic nitrogens is 2. The fraction of sp³-hybridized carbons (Fsp3) is 0.211. The van der Waals surface area contributed by atoms with Crippen LogP contribution in [0.3, 0.4) is 0 Å². The number of aryl methyl sites for hydroxylation is 1. The average Bonchev–Trinajstić information content (AvgIpc) is 3.11. The van der Waals surface area contributed by atoms with Crippen molar-refractivity contribution in [3.63, 3.8) is 0 Å². The second-order valence-corrected chi connectivity index (χ2v) is 6.19. The monoisotopic (exact) mass is 371 g/mol. The number of benzene rings is 2. The highest BCUT2D eigenvalue weighted by atomic mass is 35.5. The largest absolute Gasteiger partial charge is 0.479 e. The van der Waals surface area contributed by atoms with Crippen LogP contribution in [0.2, 0.25) is 5.02 Å². The number of nitrogens with one attached hydrogen (secondary N) is 1. The second kappa shape index (κ2) is 8.01. The molecule has 0 fully saturated rings. The molecule has 134 valence electrons. The van der Waals surface area contributed by atoms with Gasteiger partial charge in [-0.05, 0) is 26.0 Å². The second-order valence-electron chi connectivity index (χ2n) is 5.79. The van der Waals surface area contributed by atoms with Crippen molar-refractivity contribution in [1.82, 2.24) is 15.5 Å². The van der Waals surface area contributed by atoms with Gasteiger partial charge in [-0.1, -0.05) is 58.7 Å². The molecule has 26 heavy (non-hydrogen) atoms. The summed E-state index contributed by atoms with van der Waals surface area (Å²) in [5.41, 5.74) is 2.00. The zero-order valence-electron chi connectivity index (χ0n) is 14.4. The van der Waals surface area contributed by atoms with E-state index in [4.69, 9.17) is 20.9 Å².